The zero-order valence-corrected chi connectivity index (χ0v) is 24.6. The number of fused-ring (bicyclic) bond motifs is 1. The second-order valence-corrected chi connectivity index (χ2v) is 11.2. The van der Waals surface area contributed by atoms with Crippen molar-refractivity contribution in [3.05, 3.63) is 129 Å². The number of hydrogen-bond acceptors (Lipinski definition) is 6. The predicted octanol–water partition coefficient (Wildman–Crippen LogP) is 6.34. The number of hydrogen-bond donors (Lipinski definition) is 0. The van der Waals surface area contributed by atoms with Crippen molar-refractivity contribution in [2.24, 2.45) is 4.99 Å². The maximum Gasteiger partial charge on any atom is 0.338 e. The van der Waals surface area contributed by atoms with Crippen LogP contribution in [0.15, 0.2) is 87.8 Å². The summed E-state index contributed by atoms with van der Waals surface area (Å²) in [5.74, 6) is 0.000444. The monoisotopic (exact) mass is 612 g/mol. The lowest BCUT2D eigenvalue weighted by atomic mass is 9.95. The lowest BCUT2D eigenvalue weighted by Crippen LogP contribution is -2.40. The number of carbonyl (C=O) groups excluding carboxylic acids is 1. The topological polar surface area (TPSA) is 69.9 Å². The fraction of sp³-hybridized carbons (Fsp3) is 0.167. The van der Waals surface area contributed by atoms with Gasteiger partial charge in [0.05, 0.1) is 29.0 Å². The van der Waals surface area contributed by atoms with Crippen LogP contribution in [0.25, 0.3) is 6.08 Å². The Bertz CT molecular complexity index is 1810. The Morgan fingerprint density at radius 1 is 1.05 bits per heavy atom. The summed E-state index contributed by atoms with van der Waals surface area (Å²) < 4.78 is 13.2. The molecule has 0 N–H and O–H groups in total. The minimum absolute atomic E-state index is 0.191. The third-order valence-corrected chi connectivity index (χ3v) is 8.23. The third kappa shape index (κ3) is 5.60. The lowest BCUT2D eigenvalue weighted by molar-refractivity contribution is -0.136. The van der Waals surface area contributed by atoms with Crippen molar-refractivity contribution in [1.82, 2.24) is 4.57 Å². The Morgan fingerprint density at radius 2 is 1.77 bits per heavy atom. The van der Waals surface area contributed by atoms with Gasteiger partial charge in [-0.3, -0.25) is 9.36 Å². The number of thiazole rings is 1. The number of carbonyl (C=O) groups is 1. The average Bonchev–Trinajstić information content (AvgIpc) is 3.26. The highest BCUT2D eigenvalue weighted by Gasteiger charge is 2.33. The van der Waals surface area contributed by atoms with Crippen molar-refractivity contribution >= 4 is 58.2 Å². The Morgan fingerprint density at radius 3 is 2.48 bits per heavy atom. The number of rotatable bonds is 7. The van der Waals surface area contributed by atoms with Crippen LogP contribution in [0.2, 0.25) is 15.1 Å². The Kier molecular flexibility index (Phi) is 8.47. The van der Waals surface area contributed by atoms with Crippen LogP contribution in [0, 0.1) is 0 Å². The molecule has 1 aromatic heterocycles. The molecule has 0 radical (unpaired) electrons. The SMILES string of the molecule is CCC1=C(C(=O)OC)[C@H](c2ccccc2)n2c(s/c(=C/c3cc(Cl)ccc3OCc3ccc(Cl)cc3Cl)c2=O)=N1. The highest BCUT2D eigenvalue weighted by Crippen LogP contribution is 2.32. The van der Waals surface area contributed by atoms with E-state index in [1.165, 1.54) is 18.4 Å². The molecule has 2 heterocycles. The molecule has 40 heavy (non-hydrogen) atoms. The summed E-state index contributed by atoms with van der Waals surface area (Å²) in [5, 5.41) is 1.51. The Hall–Kier alpha value is -3.36. The molecule has 1 aliphatic heterocycles. The first-order chi connectivity index (χ1) is 19.3. The van der Waals surface area contributed by atoms with Crippen molar-refractivity contribution < 1.29 is 14.3 Å². The fourth-order valence-corrected chi connectivity index (χ4v) is 6.17. The van der Waals surface area contributed by atoms with E-state index >= 15 is 0 Å². The molecular weight excluding hydrogens is 591 g/mol. The van der Waals surface area contributed by atoms with E-state index in [2.05, 4.69) is 0 Å². The number of halogens is 3. The first-order valence-corrected chi connectivity index (χ1v) is 14.3. The number of allylic oxidation sites excluding steroid dienone is 1. The highest BCUT2D eigenvalue weighted by molar-refractivity contribution is 7.07. The minimum Gasteiger partial charge on any atom is -0.488 e. The molecule has 10 heteroatoms. The van der Waals surface area contributed by atoms with Crippen LogP contribution >= 0.6 is 46.1 Å². The van der Waals surface area contributed by atoms with Gasteiger partial charge in [-0.15, -0.1) is 0 Å². The molecule has 204 valence electrons. The van der Waals surface area contributed by atoms with Crippen LogP contribution in [-0.2, 0) is 16.1 Å². The van der Waals surface area contributed by atoms with E-state index in [9.17, 15) is 9.59 Å². The molecule has 6 nitrogen and oxygen atoms in total. The maximum atomic E-state index is 13.9. The van der Waals surface area contributed by atoms with E-state index < -0.39 is 12.0 Å². The average molecular weight is 614 g/mol. The van der Waals surface area contributed by atoms with Gasteiger partial charge in [0, 0.05) is 26.2 Å². The summed E-state index contributed by atoms with van der Waals surface area (Å²) in [5.41, 5.74) is 2.80. The van der Waals surface area contributed by atoms with Crippen molar-refractivity contribution in [2.75, 3.05) is 7.11 Å². The van der Waals surface area contributed by atoms with E-state index in [4.69, 9.17) is 49.3 Å². The van der Waals surface area contributed by atoms with Gasteiger partial charge < -0.3 is 9.47 Å². The Balaban J connectivity index is 1.63. The molecular formula is C30H23Cl3N2O4S. The highest BCUT2D eigenvalue weighted by atomic mass is 35.5. The summed E-state index contributed by atoms with van der Waals surface area (Å²) >= 11 is 19.9. The summed E-state index contributed by atoms with van der Waals surface area (Å²) in [6.45, 7) is 2.11. The fourth-order valence-electron chi connectivity index (χ4n) is 4.51. The largest absolute Gasteiger partial charge is 0.488 e. The van der Waals surface area contributed by atoms with Gasteiger partial charge in [-0.05, 0) is 48.4 Å². The minimum atomic E-state index is -0.677. The number of ether oxygens (including phenoxy) is 2. The smallest absolute Gasteiger partial charge is 0.338 e. The molecule has 0 bridgehead atoms. The van der Waals surface area contributed by atoms with Crippen LogP contribution in [0.3, 0.4) is 0 Å². The van der Waals surface area contributed by atoms with E-state index in [0.717, 1.165) is 11.1 Å². The summed E-state index contributed by atoms with van der Waals surface area (Å²) in [7, 11) is 1.33. The summed E-state index contributed by atoms with van der Waals surface area (Å²) in [6.07, 6.45) is 2.22. The van der Waals surface area contributed by atoms with Gasteiger partial charge in [-0.2, -0.15) is 0 Å². The van der Waals surface area contributed by atoms with E-state index in [-0.39, 0.29) is 12.2 Å². The van der Waals surface area contributed by atoms with Gasteiger partial charge in [0.15, 0.2) is 4.80 Å². The van der Waals surface area contributed by atoms with Gasteiger partial charge in [0.2, 0.25) is 0 Å². The number of methoxy groups -OCH3 is 1. The van der Waals surface area contributed by atoms with Gasteiger partial charge in [-0.25, -0.2) is 9.79 Å². The molecule has 0 amide bonds. The summed E-state index contributed by atoms with van der Waals surface area (Å²) in [6, 6.07) is 19.1. The Labute approximate surface area is 249 Å². The molecule has 1 aliphatic rings. The quantitative estimate of drug-likeness (QED) is 0.228. The standard InChI is InChI=1S/C30H23Cl3N2O4S/c1-3-23-26(29(37)38-2)27(17-7-5-4-6-8-17)35-28(36)25(40-30(35)34-23)14-19-13-20(31)11-12-24(19)39-16-18-9-10-21(32)15-22(18)33/h4-15,27H,3,16H2,1-2H3/b25-14+/t27-/m0/s1. The molecule has 0 unspecified atom stereocenters. The molecule has 4 aromatic rings. The predicted molar refractivity (Wildman–Crippen MR) is 159 cm³/mol. The molecule has 1 atom stereocenters. The summed E-state index contributed by atoms with van der Waals surface area (Å²) in [4.78, 5) is 32.0. The molecule has 0 aliphatic carbocycles. The van der Waals surface area contributed by atoms with Crippen molar-refractivity contribution in [1.29, 1.82) is 0 Å². The maximum absolute atomic E-state index is 13.9. The van der Waals surface area contributed by atoms with Crippen LogP contribution in [0.5, 0.6) is 5.75 Å². The van der Waals surface area contributed by atoms with Gasteiger partial charge >= 0.3 is 5.97 Å². The number of benzene rings is 3. The van der Waals surface area contributed by atoms with Crippen molar-refractivity contribution in [2.45, 2.75) is 26.0 Å². The zero-order valence-electron chi connectivity index (χ0n) is 21.5. The van der Waals surface area contributed by atoms with Crippen LogP contribution in [0.4, 0.5) is 0 Å². The van der Waals surface area contributed by atoms with Gasteiger partial charge in [0.25, 0.3) is 5.56 Å². The van der Waals surface area contributed by atoms with E-state index in [1.807, 2.05) is 37.3 Å². The van der Waals surface area contributed by atoms with Crippen LogP contribution < -0.4 is 19.6 Å². The van der Waals surface area contributed by atoms with Crippen molar-refractivity contribution in [3.8, 4) is 5.75 Å². The molecule has 3 aromatic carbocycles. The first kappa shape index (κ1) is 28.2. The van der Waals surface area contributed by atoms with Gasteiger partial charge in [-0.1, -0.05) is 89.5 Å². The molecule has 0 spiro atoms. The molecule has 0 saturated carbocycles. The molecule has 5 rings (SSSR count). The second kappa shape index (κ2) is 12.0. The number of esters is 1. The number of nitrogens with zero attached hydrogens (tertiary/aromatic N) is 2. The van der Waals surface area contributed by atoms with Crippen LogP contribution in [0.1, 0.15) is 36.1 Å². The third-order valence-electron chi connectivity index (χ3n) is 6.42. The van der Waals surface area contributed by atoms with Gasteiger partial charge in [0.1, 0.15) is 12.4 Å². The normalized spacial score (nSPS) is 15.0. The lowest BCUT2D eigenvalue weighted by Gasteiger charge is -2.25. The molecule has 0 saturated heterocycles. The zero-order chi connectivity index (χ0) is 28.4. The first-order valence-electron chi connectivity index (χ1n) is 12.3. The number of aromatic nitrogens is 1. The van der Waals surface area contributed by atoms with Crippen molar-refractivity contribution in [3.63, 3.8) is 0 Å². The molecule has 0 fully saturated rings. The van der Waals surface area contributed by atoms with E-state index in [0.29, 0.717) is 53.4 Å². The van der Waals surface area contributed by atoms with E-state index in [1.54, 1.807) is 47.0 Å². The second-order valence-electron chi connectivity index (χ2n) is 8.91. The van der Waals surface area contributed by atoms with Crippen LogP contribution in [-0.4, -0.2) is 17.6 Å².